The van der Waals surface area contributed by atoms with E-state index in [1.807, 2.05) is 37.3 Å². The summed E-state index contributed by atoms with van der Waals surface area (Å²) in [4.78, 5) is 22.7. The second-order valence-corrected chi connectivity index (χ2v) is 6.47. The van der Waals surface area contributed by atoms with Crippen LogP contribution in [0.15, 0.2) is 65.8 Å². The average molecular weight is 347 g/mol. The minimum atomic E-state index is -0.976. The molecule has 0 aromatic heterocycles. The molecule has 0 bridgehead atoms. The maximum Gasteiger partial charge on any atom is 0.328 e. The van der Waals surface area contributed by atoms with Gasteiger partial charge in [0.05, 0.1) is 11.6 Å². The highest BCUT2D eigenvalue weighted by Crippen LogP contribution is 2.31. The molecule has 1 N–H and O–H groups in total. The highest BCUT2D eigenvalue weighted by Gasteiger charge is 2.24. The summed E-state index contributed by atoms with van der Waals surface area (Å²) < 4.78 is 0. The molecule has 1 aliphatic rings. The summed E-state index contributed by atoms with van der Waals surface area (Å²) in [6, 6.07) is 9.29. The molecule has 1 aromatic rings. The van der Waals surface area contributed by atoms with Gasteiger partial charge in [-0.1, -0.05) is 43.4 Å². The molecule has 0 saturated heterocycles. The van der Waals surface area contributed by atoms with E-state index in [0.717, 1.165) is 17.2 Å². The van der Waals surface area contributed by atoms with Crippen LogP contribution in [0.2, 0.25) is 0 Å². The van der Waals surface area contributed by atoms with Crippen LogP contribution in [0.5, 0.6) is 0 Å². The smallest absolute Gasteiger partial charge is 0.328 e. The zero-order chi connectivity index (χ0) is 19.1. The fourth-order valence-electron chi connectivity index (χ4n) is 2.93. The molecule has 0 amide bonds. The van der Waals surface area contributed by atoms with Gasteiger partial charge in [0.15, 0.2) is 5.78 Å². The van der Waals surface area contributed by atoms with Crippen LogP contribution >= 0.6 is 0 Å². The second-order valence-electron chi connectivity index (χ2n) is 6.47. The van der Waals surface area contributed by atoms with E-state index in [4.69, 9.17) is 10.4 Å². The van der Waals surface area contributed by atoms with Gasteiger partial charge < -0.3 is 5.11 Å². The summed E-state index contributed by atoms with van der Waals surface area (Å²) in [5, 5.41) is 17.7. The molecule has 132 valence electrons. The van der Waals surface area contributed by atoms with Crippen LogP contribution in [0.25, 0.3) is 6.08 Å². The summed E-state index contributed by atoms with van der Waals surface area (Å²) in [5.41, 5.74) is 3.10. The molecule has 4 nitrogen and oxygen atoms in total. The van der Waals surface area contributed by atoms with Crippen molar-refractivity contribution in [1.29, 1.82) is 5.26 Å². The van der Waals surface area contributed by atoms with E-state index in [1.54, 1.807) is 31.2 Å². The number of allylic oxidation sites excluding steroid dienone is 6. The molecule has 0 fully saturated rings. The molecule has 2 rings (SSSR count). The fourth-order valence-corrected chi connectivity index (χ4v) is 2.93. The predicted molar refractivity (Wildman–Crippen MR) is 101 cm³/mol. The molecule has 2 unspecified atom stereocenters. The Morgan fingerprint density at radius 3 is 2.58 bits per heavy atom. The van der Waals surface area contributed by atoms with Gasteiger partial charge >= 0.3 is 5.97 Å². The number of benzene rings is 1. The second kappa shape index (κ2) is 8.77. The maximum absolute atomic E-state index is 11.9. The molecule has 0 saturated carbocycles. The normalized spacial score (nSPS) is 21.0. The first-order chi connectivity index (χ1) is 12.4. The number of carboxylic acids is 1. The quantitative estimate of drug-likeness (QED) is 0.636. The van der Waals surface area contributed by atoms with Gasteiger partial charge in [-0.05, 0) is 47.8 Å². The molecule has 0 heterocycles. The summed E-state index contributed by atoms with van der Waals surface area (Å²) in [6.45, 7) is 3.75. The Morgan fingerprint density at radius 2 is 1.96 bits per heavy atom. The van der Waals surface area contributed by atoms with Crippen LogP contribution < -0.4 is 0 Å². The number of ketones is 1. The zero-order valence-corrected chi connectivity index (χ0v) is 14.8. The molecular weight excluding hydrogens is 326 g/mol. The van der Waals surface area contributed by atoms with Crippen LogP contribution in [0.3, 0.4) is 0 Å². The summed E-state index contributed by atoms with van der Waals surface area (Å²) in [5.74, 6) is -0.698. The van der Waals surface area contributed by atoms with Crippen molar-refractivity contribution in [2.45, 2.75) is 20.3 Å². The topological polar surface area (TPSA) is 78.2 Å². The van der Waals surface area contributed by atoms with Crippen molar-refractivity contribution in [3.8, 4) is 6.07 Å². The monoisotopic (exact) mass is 347 g/mol. The van der Waals surface area contributed by atoms with E-state index in [0.29, 0.717) is 17.6 Å². The van der Waals surface area contributed by atoms with E-state index in [1.165, 1.54) is 0 Å². The Hall–Kier alpha value is -3.19. The number of nitriles is 1. The van der Waals surface area contributed by atoms with Crippen LogP contribution in [0, 0.1) is 23.2 Å². The van der Waals surface area contributed by atoms with Gasteiger partial charge in [0, 0.05) is 18.4 Å². The van der Waals surface area contributed by atoms with Gasteiger partial charge in [-0.2, -0.15) is 5.26 Å². The number of hydrogen-bond donors (Lipinski definition) is 1. The van der Waals surface area contributed by atoms with Gasteiger partial charge in [0.25, 0.3) is 0 Å². The maximum atomic E-state index is 11.9. The number of rotatable bonds is 5. The van der Waals surface area contributed by atoms with Gasteiger partial charge in [-0.3, -0.25) is 4.79 Å². The lowest BCUT2D eigenvalue weighted by molar-refractivity contribution is -0.131. The van der Waals surface area contributed by atoms with Gasteiger partial charge in [-0.25, -0.2) is 4.79 Å². The van der Waals surface area contributed by atoms with Crippen molar-refractivity contribution in [2.75, 3.05) is 0 Å². The standard InChI is InChI=1S/C22H21NO3/c1-15(11-22(25)26)3-10-21-16(2)12-20(24)13-19(21)9-8-17-4-6-18(14-23)7-5-17/h3-11,13,16,21H,12H2,1-2H3,(H,25,26)/b9-8+,10-3+,15-11-. The van der Waals surface area contributed by atoms with Crippen molar-refractivity contribution in [2.24, 2.45) is 11.8 Å². The van der Waals surface area contributed by atoms with Crippen LogP contribution in [0.1, 0.15) is 31.4 Å². The van der Waals surface area contributed by atoms with Crippen molar-refractivity contribution >= 4 is 17.8 Å². The first kappa shape index (κ1) is 19.1. The van der Waals surface area contributed by atoms with Crippen LogP contribution in [-0.2, 0) is 9.59 Å². The molecule has 0 radical (unpaired) electrons. The third kappa shape index (κ3) is 5.42. The Kier molecular flexibility index (Phi) is 6.46. The number of carboxylic acid groups (broad SMARTS) is 1. The van der Waals surface area contributed by atoms with Crippen LogP contribution in [0.4, 0.5) is 0 Å². The SMILES string of the molecule is CC(=C/C(=O)O)/C=C/C1C(/C=C/c2ccc(C#N)cc2)=CC(=O)CC1C. The zero-order valence-electron chi connectivity index (χ0n) is 14.8. The van der Waals surface area contributed by atoms with E-state index >= 15 is 0 Å². The third-order valence-corrected chi connectivity index (χ3v) is 4.27. The Balaban J connectivity index is 2.25. The van der Waals surface area contributed by atoms with Crippen molar-refractivity contribution in [3.63, 3.8) is 0 Å². The molecule has 1 aliphatic carbocycles. The largest absolute Gasteiger partial charge is 0.478 e. The van der Waals surface area contributed by atoms with Gasteiger partial charge in [0.1, 0.15) is 0 Å². The molecule has 0 spiro atoms. The first-order valence-electron chi connectivity index (χ1n) is 8.41. The highest BCUT2D eigenvalue weighted by atomic mass is 16.4. The summed E-state index contributed by atoms with van der Waals surface area (Å²) in [6.07, 6.45) is 10.9. The molecule has 4 heteroatoms. The Labute approximate surface area is 153 Å². The molecule has 1 aromatic carbocycles. The predicted octanol–water partition coefficient (Wildman–Crippen LogP) is 4.31. The molecule has 2 atom stereocenters. The van der Waals surface area contributed by atoms with E-state index in [-0.39, 0.29) is 17.6 Å². The number of carbonyl (C=O) groups is 2. The number of aliphatic carboxylic acids is 1. The Bertz CT molecular complexity index is 848. The fraction of sp³-hybridized carbons (Fsp3) is 0.227. The lowest BCUT2D eigenvalue weighted by Gasteiger charge is -2.25. The summed E-state index contributed by atoms with van der Waals surface area (Å²) in [7, 11) is 0. The minimum absolute atomic E-state index is 0.0412. The molecule has 26 heavy (non-hydrogen) atoms. The highest BCUT2D eigenvalue weighted by molar-refractivity contribution is 5.92. The lowest BCUT2D eigenvalue weighted by Crippen LogP contribution is -2.20. The first-order valence-corrected chi connectivity index (χ1v) is 8.41. The Morgan fingerprint density at radius 1 is 1.27 bits per heavy atom. The molecular formula is C22H21NO3. The van der Waals surface area contributed by atoms with Gasteiger partial charge in [0.2, 0.25) is 0 Å². The average Bonchev–Trinajstić information content (AvgIpc) is 2.58. The van der Waals surface area contributed by atoms with E-state index in [9.17, 15) is 9.59 Å². The molecule has 0 aliphatic heterocycles. The lowest BCUT2D eigenvalue weighted by atomic mass is 9.78. The third-order valence-electron chi connectivity index (χ3n) is 4.27. The number of nitrogens with zero attached hydrogens (tertiary/aromatic N) is 1. The van der Waals surface area contributed by atoms with E-state index < -0.39 is 5.97 Å². The van der Waals surface area contributed by atoms with Crippen molar-refractivity contribution in [3.05, 3.63) is 76.9 Å². The van der Waals surface area contributed by atoms with Crippen molar-refractivity contribution in [1.82, 2.24) is 0 Å². The van der Waals surface area contributed by atoms with Gasteiger partial charge in [-0.15, -0.1) is 0 Å². The van der Waals surface area contributed by atoms with Crippen molar-refractivity contribution < 1.29 is 14.7 Å². The van der Waals surface area contributed by atoms with Crippen LogP contribution in [-0.4, -0.2) is 16.9 Å². The number of hydrogen-bond acceptors (Lipinski definition) is 3. The number of carbonyl (C=O) groups excluding carboxylic acids is 1. The minimum Gasteiger partial charge on any atom is -0.478 e. The summed E-state index contributed by atoms with van der Waals surface area (Å²) >= 11 is 0. The van der Waals surface area contributed by atoms with E-state index in [2.05, 4.69) is 6.07 Å².